The van der Waals surface area contributed by atoms with Gasteiger partial charge in [0.15, 0.2) is 6.29 Å². The molecule has 12 rings (SSSR count). The van der Waals surface area contributed by atoms with Crippen LogP contribution in [0, 0.1) is 10.8 Å². The number of rotatable bonds is 16. The minimum Gasteiger partial charge on any atom is -0.478 e. The van der Waals surface area contributed by atoms with Crippen LogP contribution in [0.1, 0.15) is 115 Å². The monoisotopic (exact) mass is 1570 g/mol. The van der Waals surface area contributed by atoms with E-state index in [0.29, 0.717) is 26.4 Å². The normalized spacial score (nSPS) is 12.6. The van der Waals surface area contributed by atoms with Crippen LogP contribution >= 0.6 is 19.2 Å². The number of nitrogens with zero attached hydrogens (tertiary/aromatic N) is 6. The van der Waals surface area contributed by atoms with Crippen LogP contribution < -0.4 is 5.32 Å². The van der Waals surface area contributed by atoms with Crippen LogP contribution in [0.2, 0.25) is 0 Å². The van der Waals surface area contributed by atoms with Crippen molar-refractivity contribution in [2.75, 3.05) is 39.1 Å². The third kappa shape index (κ3) is 28.7. The Balaban J connectivity index is 0.000000234. The van der Waals surface area contributed by atoms with Crippen LogP contribution in [0.5, 0.6) is 0 Å². The van der Waals surface area contributed by atoms with Crippen molar-refractivity contribution in [2.45, 2.75) is 82.1 Å². The molecule has 2 aliphatic rings. The highest BCUT2D eigenvalue weighted by Crippen LogP contribution is 2.47. The molecule has 23 nitrogen and oxygen atoms in total. The van der Waals surface area contributed by atoms with E-state index < -0.39 is 30.9 Å². The lowest BCUT2D eigenvalue weighted by Gasteiger charge is -2.19. The van der Waals surface area contributed by atoms with Crippen LogP contribution in [-0.2, 0) is 101 Å². The van der Waals surface area contributed by atoms with Crippen LogP contribution in [0.3, 0.4) is 0 Å². The Morgan fingerprint density at radius 1 is 0.509 bits per heavy atom. The number of aliphatic carboxylic acids is 1. The lowest BCUT2D eigenvalue weighted by atomic mass is 9.97. The van der Waals surface area contributed by atoms with Gasteiger partial charge in [0.05, 0.1) is 25.2 Å². The van der Waals surface area contributed by atoms with E-state index in [1.54, 1.807) is 98.8 Å². The summed E-state index contributed by atoms with van der Waals surface area (Å²) in [5, 5.41) is 16.3. The maximum absolute atomic E-state index is 12.1. The Bertz CT molecular complexity index is 5190. The van der Waals surface area contributed by atoms with Gasteiger partial charge in [0.25, 0.3) is 11.8 Å². The van der Waals surface area contributed by atoms with Crippen molar-refractivity contribution in [2.24, 2.45) is 46.1 Å². The Morgan fingerprint density at radius 3 is 1.18 bits per heavy atom. The molecule has 2 aliphatic heterocycles. The van der Waals surface area contributed by atoms with Crippen molar-refractivity contribution < 1.29 is 76.1 Å². The number of imide groups is 1. The number of para-hydroxylation sites is 5. The summed E-state index contributed by atoms with van der Waals surface area (Å²) in [6.45, 7) is 19.3. The first-order valence-corrected chi connectivity index (χ1v) is 38.2. The molecule has 592 valence electrons. The molecule has 0 unspecified atom stereocenters. The van der Waals surface area contributed by atoms with Gasteiger partial charge in [0, 0.05) is 191 Å². The zero-order chi connectivity index (χ0) is 82.9. The molecule has 0 atom stereocenters. The summed E-state index contributed by atoms with van der Waals surface area (Å²) in [6, 6.07) is 39.8. The highest BCUT2D eigenvalue weighted by atomic mass is 35.5. The second kappa shape index (κ2) is 44.3. The van der Waals surface area contributed by atoms with E-state index in [1.807, 2.05) is 210 Å². The number of aromatic nitrogens is 5. The fourth-order valence-electron chi connectivity index (χ4n) is 10.8. The number of aldehydes is 1. The van der Waals surface area contributed by atoms with E-state index in [1.165, 1.54) is 36.1 Å². The molecule has 0 fully saturated rings. The number of carbonyl (C=O) groups is 10. The molecular formula is C87H101ClN7O16P. The summed E-state index contributed by atoms with van der Waals surface area (Å²) in [5.74, 6) is -3.07. The molecule has 2 N–H and O–H groups in total. The zero-order valence-electron chi connectivity index (χ0n) is 66.2. The molecule has 25 heteroatoms. The number of benzene rings is 5. The fourth-order valence-corrected chi connectivity index (χ4v) is 12.4. The van der Waals surface area contributed by atoms with E-state index in [0.717, 1.165) is 114 Å². The molecule has 0 aliphatic carbocycles. The average Bonchev–Trinajstić information content (AvgIpc) is 1.69. The van der Waals surface area contributed by atoms with Crippen molar-refractivity contribution in [1.29, 1.82) is 0 Å². The fraction of sp³-hybridized carbons (Fsp3) is 0.287. The molecule has 0 spiro atoms. The van der Waals surface area contributed by atoms with Crippen LogP contribution in [-0.4, -0.2) is 131 Å². The number of hydrogen-bond donors (Lipinski definition) is 2. The quantitative estimate of drug-likeness (QED) is 0.0227. The molecule has 0 saturated carbocycles. The van der Waals surface area contributed by atoms with E-state index in [2.05, 4.69) is 11.4 Å². The number of ether oxygens (including phenoxy) is 2. The first kappa shape index (κ1) is 91.0. The van der Waals surface area contributed by atoms with E-state index in [4.69, 9.17) is 35.2 Å². The molecule has 112 heavy (non-hydrogen) atoms. The van der Waals surface area contributed by atoms with Crippen molar-refractivity contribution in [1.82, 2.24) is 33.1 Å². The summed E-state index contributed by atoms with van der Waals surface area (Å²) >= 11 is 5.11. The molecule has 0 radical (unpaired) electrons. The number of ketones is 1. The minimum atomic E-state index is -3.12. The SMILES string of the molecule is CC(C)(C)C(=O)Cl.CCOC(=O)/C=C/c1cn(C)c2ccccc12.CCOP(=O)(CC(C)=O)OCC.Cn1cc(/C=C/C(=O)N2CCC=CC2=O)c2ccccc21.Cn1cc(/C=C/C(=O)O)c2ccccc21.Cn1cc(/C=C/C(=O)OC(=O)C(C)(C)C)c2ccccc21.Cn1cc(C=O)c2ccccc21.O=C1C=CCCN1. The Hall–Kier alpha value is -11.6. The minimum absolute atomic E-state index is 0.0336. The van der Waals surface area contributed by atoms with Gasteiger partial charge in [0.1, 0.15) is 11.9 Å². The van der Waals surface area contributed by atoms with Gasteiger partial charge in [-0.1, -0.05) is 124 Å². The summed E-state index contributed by atoms with van der Waals surface area (Å²) in [6.07, 6.45) is 31.0. The number of amides is 3. The second-order valence-corrected chi connectivity index (χ2v) is 29.8. The van der Waals surface area contributed by atoms with Gasteiger partial charge in [-0.3, -0.25) is 43.0 Å². The predicted molar refractivity (Wildman–Crippen MR) is 445 cm³/mol. The first-order valence-electron chi connectivity index (χ1n) is 36.1. The second-order valence-electron chi connectivity index (χ2n) is 27.4. The van der Waals surface area contributed by atoms with Crippen molar-refractivity contribution >= 4 is 157 Å². The number of nitrogens with one attached hydrogen (secondary N) is 1. The number of esters is 3. The lowest BCUT2D eigenvalue weighted by molar-refractivity contribution is -0.162. The number of halogens is 1. The molecule has 5 aromatic heterocycles. The maximum Gasteiger partial charge on any atom is 0.338 e. The predicted octanol–water partition coefficient (Wildman–Crippen LogP) is 16.5. The summed E-state index contributed by atoms with van der Waals surface area (Å²) in [5.41, 5.74) is 9.07. The molecule has 5 aromatic carbocycles. The smallest absolute Gasteiger partial charge is 0.338 e. The van der Waals surface area contributed by atoms with Gasteiger partial charge in [-0.2, -0.15) is 0 Å². The number of carboxylic acids is 1. The highest BCUT2D eigenvalue weighted by Gasteiger charge is 2.27. The van der Waals surface area contributed by atoms with Crippen LogP contribution in [0.15, 0.2) is 201 Å². The summed E-state index contributed by atoms with van der Waals surface area (Å²) < 4.78 is 41.0. The maximum atomic E-state index is 12.1. The molecular weight excluding hydrogens is 1470 g/mol. The van der Waals surface area contributed by atoms with Gasteiger partial charge in [0.2, 0.25) is 11.1 Å². The number of carbonyl (C=O) groups excluding carboxylic acids is 9. The number of carboxylic acid groups (broad SMARTS) is 1. The van der Waals surface area contributed by atoms with Gasteiger partial charge in [-0.05, 0) is 140 Å². The topological polar surface area (TPSA) is 285 Å². The van der Waals surface area contributed by atoms with E-state index in [-0.39, 0.29) is 46.3 Å². The third-order valence-corrected chi connectivity index (χ3v) is 19.0. The van der Waals surface area contributed by atoms with Crippen molar-refractivity contribution in [3.63, 3.8) is 0 Å². The van der Waals surface area contributed by atoms with Gasteiger partial charge < -0.3 is 51.8 Å². The Morgan fingerprint density at radius 2 is 0.866 bits per heavy atom. The highest BCUT2D eigenvalue weighted by molar-refractivity contribution is 7.54. The number of aryl methyl sites for hydroxylation is 5. The summed E-state index contributed by atoms with van der Waals surface area (Å²) in [7, 11) is 6.67. The molecule has 0 saturated heterocycles. The lowest BCUT2D eigenvalue weighted by Crippen LogP contribution is -2.37. The largest absolute Gasteiger partial charge is 0.478 e. The molecule has 3 amide bonds. The van der Waals surface area contributed by atoms with Crippen molar-refractivity contribution in [3.8, 4) is 0 Å². The first-order chi connectivity index (χ1) is 53.1. The van der Waals surface area contributed by atoms with Crippen molar-refractivity contribution in [3.05, 3.63) is 229 Å². The Labute approximate surface area is 658 Å². The third-order valence-electron chi connectivity index (χ3n) is 16.3. The average molecular weight is 1570 g/mol. The standard InChI is InChI=1S/C17H16N2O2.C17H19NO3.C14H15NO2.C12H11NO2.C10H9NO.C7H15O4P.C5H9ClO.C5H7NO/c1-18-12-13(14-6-2-3-7-15(14)18)9-10-17(21)19-11-5-4-8-16(19)20;1-17(2,3)16(20)21-15(19)10-9-12-11-18(4)14-8-6-5-7-13(12)14;1-3-17-14(16)9-8-11-10-15(2)13-7-5-4-6-12(11)13;1-13-8-9(6-7-12(14)15)10-4-2-3-5-11(10)13;1-11-6-8(7-12)9-4-2-3-5-10(9)11;1-4-10-12(9,11-5-2)6-7(3)8;1-5(2,3)4(6)7;7-5-3-1-2-4-6-5/h2-4,6-10,12H,5,11H2,1H3;5-11H,1-4H3;4-10H,3H2,1-2H3;2-8H,1H3,(H,14,15);2-7H,1H3;4-6H2,1-3H3;1-3H3;1,3H,2,4H2,(H,6,7)/b2*10-9+;9-8+;7-6+;;;;. The van der Waals surface area contributed by atoms with E-state index in [9.17, 15) is 52.5 Å². The number of fused-ring (bicyclic) bond motifs is 5. The zero-order valence-corrected chi connectivity index (χ0v) is 67.8. The Kier molecular flexibility index (Phi) is 36.0. The van der Waals surface area contributed by atoms with Crippen LogP contribution in [0.25, 0.3) is 78.8 Å². The van der Waals surface area contributed by atoms with Gasteiger partial charge in [-0.25, -0.2) is 14.4 Å². The molecule has 7 heterocycles. The van der Waals surface area contributed by atoms with E-state index >= 15 is 0 Å². The van der Waals surface area contributed by atoms with Crippen LogP contribution in [0.4, 0.5) is 0 Å². The molecule has 0 bridgehead atoms. The summed E-state index contributed by atoms with van der Waals surface area (Å²) in [4.78, 5) is 112. The number of hydrogen-bond acceptors (Lipinski definition) is 15. The molecule has 10 aromatic rings. The van der Waals surface area contributed by atoms with Gasteiger partial charge >= 0.3 is 31.5 Å². The number of Topliss-reactive ketones (excluding diaryl/α,β-unsaturated/α-hetero) is 1. The van der Waals surface area contributed by atoms with Gasteiger partial charge in [-0.15, -0.1) is 0 Å².